The van der Waals surface area contributed by atoms with Crippen LogP contribution in [-0.2, 0) is 4.79 Å². The maximum Gasteiger partial charge on any atom is 0.305 e. The minimum Gasteiger partial charge on any atom is -0.423 e. The first-order chi connectivity index (χ1) is 8.67. The third-order valence-corrected chi connectivity index (χ3v) is 4.40. The number of carbonyl (C=O) groups is 1. The summed E-state index contributed by atoms with van der Waals surface area (Å²) in [4.78, 5) is 17.9. The van der Waals surface area contributed by atoms with Crippen molar-refractivity contribution in [2.45, 2.75) is 6.42 Å². The Kier molecular flexibility index (Phi) is 3.15. The molecule has 2 aromatic rings. The molecule has 0 bridgehead atoms. The van der Waals surface area contributed by atoms with Crippen molar-refractivity contribution >= 4 is 54.9 Å². The molecule has 1 amide bonds. The summed E-state index contributed by atoms with van der Waals surface area (Å²) in [6, 6.07) is 6.02. The zero-order chi connectivity index (χ0) is 12.7. The van der Waals surface area contributed by atoms with E-state index in [1.165, 1.54) is 0 Å². The van der Waals surface area contributed by atoms with Crippen LogP contribution in [0.3, 0.4) is 0 Å². The highest BCUT2D eigenvalue weighted by atomic mass is 79.9. The SMILES string of the molecule is O=C1CC(CBr)CN1c1nc2cc(Br)ccc2o1. The molecule has 18 heavy (non-hydrogen) atoms. The molecule has 0 saturated carbocycles. The molecule has 0 radical (unpaired) electrons. The maximum absolute atomic E-state index is 11.9. The second-order valence-corrected chi connectivity index (χ2v) is 5.90. The summed E-state index contributed by atoms with van der Waals surface area (Å²) < 4.78 is 6.57. The Labute approximate surface area is 121 Å². The molecule has 2 heterocycles. The maximum atomic E-state index is 11.9. The van der Waals surface area contributed by atoms with Crippen LogP contribution in [0.2, 0.25) is 0 Å². The lowest BCUT2D eigenvalue weighted by atomic mass is 10.2. The lowest BCUT2D eigenvalue weighted by Crippen LogP contribution is -2.24. The van der Waals surface area contributed by atoms with Crippen molar-refractivity contribution in [1.29, 1.82) is 0 Å². The largest absolute Gasteiger partial charge is 0.423 e. The van der Waals surface area contributed by atoms with Gasteiger partial charge in [0.1, 0.15) is 5.52 Å². The van der Waals surface area contributed by atoms with Gasteiger partial charge >= 0.3 is 6.01 Å². The zero-order valence-electron chi connectivity index (χ0n) is 9.40. The van der Waals surface area contributed by atoms with Crippen molar-refractivity contribution in [2.24, 2.45) is 5.92 Å². The minimum absolute atomic E-state index is 0.0741. The number of amides is 1. The third-order valence-electron chi connectivity index (χ3n) is 2.99. The van der Waals surface area contributed by atoms with Crippen molar-refractivity contribution < 1.29 is 9.21 Å². The Morgan fingerprint density at radius 2 is 2.33 bits per heavy atom. The highest BCUT2D eigenvalue weighted by molar-refractivity contribution is 9.10. The molecule has 1 saturated heterocycles. The lowest BCUT2D eigenvalue weighted by molar-refractivity contribution is -0.117. The van der Waals surface area contributed by atoms with Gasteiger partial charge in [-0.05, 0) is 24.1 Å². The summed E-state index contributed by atoms with van der Waals surface area (Å²) in [6.07, 6.45) is 0.549. The fraction of sp³-hybridized carbons (Fsp3) is 0.333. The number of benzene rings is 1. The molecule has 1 fully saturated rings. The van der Waals surface area contributed by atoms with Crippen LogP contribution < -0.4 is 4.90 Å². The quantitative estimate of drug-likeness (QED) is 0.758. The highest BCUT2D eigenvalue weighted by Gasteiger charge is 2.32. The Morgan fingerprint density at radius 1 is 1.50 bits per heavy atom. The van der Waals surface area contributed by atoms with Crippen molar-refractivity contribution in [1.82, 2.24) is 4.98 Å². The molecule has 4 nitrogen and oxygen atoms in total. The van der Waals surface area contributed by atoms with Gasteiger partial charge in [-0.1, -0.05) is 31.9 Å². The highest BCUT2D eigenvalue weighted by Crippen LogP contribution is 2.29. The van der Waals surface area contributed by atoms with Gasteiger partial charge in [0.05, 0.1) is 0 Å². The number of oxazole rings is 1. The van der Waals surface area contributed by atoms with Gasteiger partial charge in [0.2, 0.25) is 5.91 Å². The van der Waals surface area contributed by atoms with E-state index in [-0.39, 0.29) is 5.91 Å². The van der Waals surface area contributed by atoms with Crippen LogP contribution >= 0.6 is 31.9 Å². The first-order valence-corrected chi connectivity index (χ1v) is 7.51. The molecule has 0 spiro atoms. The van der Waals surface area contributed by atoms with E-state index < -0.39 is 0 Å². The predicted molar refractivity (Wildman–Crippen MR) is 76.0 cm³/mol. The molecule has 1 aromatic carbocycles. The number of hydrogen-bond acceptors (Lipinski definition) is 3. The summed E-state index contributed by atoms with van der Waals surface area (Å²) in [5, 5.41) is 0.820. The van der Waals surface area contributed by atoms with Crippen LogP contribution in [0, 0.1) is 5.92 Å². The van der Waals surface area contributed by atoms with Crippen molar-refractivity contribution in [3.8, 4) is 0 Å². The van der Waals surface area contributed by atoms with Crippen molar-refractivity contribution in [3.63, 3.8) is 0 Å². The summed E-state index contributed by atoms with van der Waals surface area (Å²) in [6.45, 7) is 0.665. The Balaban J connectivity index is 1.97. The van der Waals surface area contributed by atoms with E-state index in [1.807, 2.05) is 18.2 Å². The lowest BCUT2D eigenvalue weighted by Gasteiger charge is -2.10. The van der Waals surface area contributed by atoms with E-state index in [0.717, 1.165) is 15.3 Å². The fourth-order valence-corrected chi connectivity index (χ4v) is 2.86. The number of anilines is 1. The molecule has 1 aromatic heterocycles. The average molecular weight is 374 g/mol. The topological polar surface area (TPSA) is 46.3 Å². The molecular formula is C12H10Br2N2O2. The summed E-state index contributed by atoms with van der Waals surface area (Å²) in [5.41, 5.74) is 1.46. The van der Waals surface area contributed by atoms with Gasteiger partial charge in [0, 0.05) is 22.8 Å². The van der Waals surface area contributed by atoms with Crippen molar-refractivity contribution in [3.05, 3.63) is 22.7 Å². The second kappa shape index (κ2) is 4.66. The second-order valence-electron chi connectivity index (χ2n) is 4.34. The van der Waals surface area contributed by atoms with Gasteiger partial charge in [-0.3, -0.25) is 9.69 Å². The molecule has 0 N–H and O–H groups in total. The van der Waals surface area contributed by atoms with Gasteiger partial charge in [-0.15, -0.1) is 0 Å². The third kappa shape index (κ3) is 2.07. The molecule has 0 aliphatic carbocycles. The molecule has 1 aliphatic heterocycles. The van der Waals surface area contributed by atoms with E-state index in [9.17, 15) is 4.79 Å². The molecule has 1 aliphatic rings. The standard InChI is InChI=1S/C12H10Br2N2O2/c13-5-7-3-11(17)16(6-7)12-15-9-4-8(14)1-2-10(9)18-12/h1-2,4,7H,3,5-6H2. The summed E-state index contributed by atoms with van der Waals surface area (Å²) >= 11 is 6.80. The van der Waals surface area contributed by atoms with Gasteiger partial charge in [-0.25, -0.2) is 0 Å². The first kappa shape index (κ1) is 12.2. The molecule has 3 rings (SSSR count). The smallest absolute Gasteiger partial charge is 0.305 e. The first-order valence-electron chi connectivity index (χ1n) is 5.60. The molecular weight excluding hydrogens is 364 g/mol. The van der Waals surface area contributed by atoms with Crippen LogP contribution in [0.5, 0.6) is 0 Å². The zero-order valence-corrected chi connectivity index (χ0v) is 12.6. The molecule has 94 valence electrons. The number of hydrogen-bond donors (Lipinski definition) is 0. The van der Waals surface area contributed by atoms with E-state index >= 15 is 0 Å². The van der Waals surface area contributed by atoms with E-state index in [2.05, 4.69) is 36.8 Å². The van der Waals surface area contributed by atoms with Gasteiger partial charge < -0.3 is 4.42 Å². The fourth-order valence-electron chi connectivity index (χ4n) is 2.07. The number of carbonyl (C=O) groups excluding carboxylic acids is 1. The predicted octanol–water partition coefficient (Wildman–Crippen LogP) is 3.34. The Bertz CT molecular complexity index is 611. The average Bonchev–Trinajstić information content (AvgIpc) is 2.91. The van der Waals surface area contributed by atoms with Gasteiger partial charge in [0.15, 0.2) is 5.58 Å². The van der Waals surface area contributed by atoms with Crippen LogP contribution in [0.1, 0.15) is 6.42 Å². The van der Waals surface area contributed by atoms with E-state index in [0.29, 0.717) is 30.5 Å². The molecule has 6 heteroatoms. The van der Waals surface area contributed by atoms with Gasteiger partial charge in [-0.2, -0.15) is 4.98 Å². The summed E-state index contributed by atoms with van der Waals surface area (Å²) in [5.74, 6) is 0.407. The number of halogens is 2. The number of rotatable bonds is 2. The number of alkyl halides is 1. The number of fused-ring (bicyclic) bond motifs is 1. The van der Waals surface area contributed by atoms with Crippen molar-refractivity contribution in [2.75, 3.05) is 16.8 Å². The van der Waals surface area contributed by atoms with Crippen LogP contribution in [0.25, 0.3) is 11.1 Å². The number of nitrogens with zero attached hydrogens (tertiary/aromatic N) is 2. The Morgan fingerprint density at radius 3 is 3.06 bits per heavy atom. The summed E-state index contributed by atoms with van der Waals surface area (Å²) in [7, 11) is 0. The Hall–Kier alpha value is -0.880. The minimum atomic E-state index is 0.0741. The van der Waals surface area contributed by atoms with E-state index in [1.54, 1.807) is 4.90 Å². The van der Waals surface area contributed by atoms with E-state index in [4.69, 9.17) is 4.42 Å². The van der Waals surface area contributed by atoms with Crippen LogP contribution in [-0.4, -0.2) is 22.8 Å². The normalized spacial score (nSPS) is 20.0. The number of aromatic nitrogens is 1. The van der Waals surface area contributed by atoms with Crippen LogP contribution in [0.4, 0.5) is 6.01 Å². The van der Waals surface area contributed by atoms with Crippen LogP contribution in [0.15, 0.2) is 27.1 Å². The molecule has 1 unspecified atom stereocenters. The van der Waals surface area contributed by atoms with Gasteiger partial charge in [0.25, 0.3) is 0 Å². The molecule has 1 atom stereocenters. The monoisotopic (exact) mass is 372 g/mol.